The van der Waals surface area contributed by atoms with E-state index in [-0.39, 0.29) is 0 Å². The molecular formula is C23H32N2O2. The standard InChI is InChI=1S/C23H32N2O2/c1-15-9-11-19(12-10-15)14-25-17(3)20(22(18(25)4)23(26)27)13-24-21-8-6-5-7-16(21)2/h9-12,16,21,24H,5-8,13-14H2,1-4H3,(H,26,27). The van der Waals surface area contributed by atoms with E-state index in [0.29, 0.717) is 30.6 Å². The first kappa shape index (κ1) is 19.7. The maximum Gasteiger partial charge on any atom is 0.337 e. The van der Waals surface area contributed by atoms with E-state index in [9.17, 15) is 9.90 Å². The summed E-state index contributed by atoms with van der Waals surface area (Å²) in [7, 11) is 0. The molecule has 1 aromatic heterocycles. The number of aromatic carboxylic acids is 1. The molecule has 1 aliphatic rings. The van der Waals surface area contributed by atoms with E-state index in [4.69, 9.17) is 0 Å². The van der Waals surface area contributed by atoms with Gasteiger partial charge < -0.3 is 15.0 Å². The predicted octanol–water partition coefficient (Wildman–Crippen LogP) is 4.83. The van der Waals surface area contributed by atoms with Crippen LogP contribution < -0.4 is 5.32 Å². The minimum Gasteiger partial charge on any atom is -0.478 e. The number of carboxylic acids is 1. The van der Waals surface area contributed by atoms with Crippen LogP contribution in [0.2, 0.25) is 0 Å². The molecule has 0 radical (unpaired) electrons. The van der Waals surface area contributed by atoms with Crippen molar-refractivity contribution in [2.24, 2.45) is 5.92 Å². The van der Waals surface area contributed by atoms with Gasteiger partial charge in [-0.2, -0.15) is 0 Å². The fourth-order valence-electron chi connectivity index (χ4n) is 4.41. The number of nitrogens with one attached hydrogen (secondary N) is 1. The highest BCUT2D eigenvalue weighted by Gasteiger charge is 2.25. The van der Waals surface area contributed by atoms with Crippen molar-refractivity contribution in [3.05, 3.63) is 57.9 Å². The lowest BCUT2D eigenvalue weighted by Gasteiger charge is -2.29. The van der Waals surface area contributed by atoms with Crippen LogP contribution in [0.3, 0.4) is 0 Å². The van der Waals surface area contributed by atoms with Crippen LogP contribution in [0, 0.1) is 26.7 Å². The molecule has 0 amide bonds. The number of aryl methyl sites for hydroxylation is 1. The minimum absolute atomic E-state index is 0.468. The molecule has 4 heteroatoms. The summed E-state index contributed by atoms with van der Waals surface area (Å²) in [6.45, 7) is 9.69. The van der Waals surface area contributed by atoms with Gasteiger partial charge in [0.15, 0.2) is 0 Å². The van der Waals surface area contributed by atoms with E-state index < -0.39 is 5.97 Å². The van der Waals surface area contributed by atoms with E-state index in [1.54, 1.807) is 0 Å². The predicted molar refractivity (Wildman–Crippen MR) is 109 cm³/mol. The topological polar surface area (TPSA) is 54.3 Å². The summed E-state index contributed by atoms with van der Waals surface area (Å²) in [5.41, 5.74) is 5.73. The zero-order valence-electron chi connectivity index (χ0n) is 17.0. The van der Waals surface area contributed by atoms with Crippen molar-refractivity contribution in [3.8, 4) is 0 Å². The van der Waals surface area contributed by atoms with Gasteiger partial charge in [0.2, 0.25) is 0 Å². The number of hydrogen-bond donors (Lipinski definition) is 2. The first-order valence-corrected chi connectivity index (χ1v) is 10.1. The second-order valence-electron chi connectivity index (χ2n) is 8.15. The Hall–Kier alpha value is -2.07. The molecule has 1 aliphatic carbocycles. The van der Waals surface area contributed by atoms with Gasteiger partial charge in [-0.15, -0.1) is 0 Å². The molecular weight excluding hydrogens is 336 g/mol. The number of nitrogens with zero attached hydrogens (tertiary/aromatic N) is 1. The molecule has 0 saturated heterocycles. The first-order valence-electron chi connectivity index (χ1n) is 10.1. The molecule has 0 aliphatic heterocycles. The summed E-state index contributed by atoms with van der Waals surface area (Å²) >= 11 is 0. The van der Waals surface area contributed by atoms with Crippen molar-refractivity contribution in [2.75, 3.05) is 0 Å². The lowest BCUT2D eigenvalue weighted by atomic mass is 9.86. The van der Waals surface area contributed by atoms with Crippen LogP contribution in [0.5, 0.6) is 0 Å². The van der Waals surface area contributed by atoms with Gasteiger partial charge in [0.05, 0.1) is 5.56 Å². The van der Waals surface area contributed by atoms with Crippen LogP contribution in [-0.4, -0.2) is 21.7 Å². The van der Waals surface area contributed by atoms with Crippen LogP contribution >= 0.6 is 0 Å². The number of carbonyl (C=O) groups is 1. The van der Waals surface area contributed by atoms with Crippen LogP contribution in [0.15, 0.2) is 24.3 Å². The summed E-state index contributed by atoms with van der Waals surface area (Å²) in [5.74, 6) is -0.171. The molecule has 2 unspecified atom stereocenters. The zero-order chi connectivity index (χ0) is 19.6. The van der Waals surface area contributed by atoms with Crippen LogP contribution in [0.25, 0.3) is 0 Å². The Morgan fingerprint density at radius 3 is 2.41 bits per heavy atom. The van der Waals surface area contributed by atoms with Gasteiger partial charge >= 0.3 is 5.97 Å². The normalized spacial score (nSPS) is 20.0. The molecule has 2 atom stereocenters. The average molecular weight is 369 g/mol. The molecule has 1 aromatic carbocycles. The molecule has 146 valence electrons. The maximum absolute atomic E-state index is 12.0. The van der Waals surface area contributed by atoms with Crippen LogP contribution in [0.4, 0.5) is 0 Å². The quantitative estimate of drug-likeness (QED) is 0.768. The number of carboxylic acid groups (broad SMARTS) is 1. The third-order valence-corrected chi connectivity index (χ3v) is 6.24. The van der Waals surface area contributed by atoms with E-state index in [1.807, 2.05) is 6.92 Å². The third-order valence-electron chi connectivity index (χ3n) is 6.24. The van der Waals surface area contributed by atoms with Crippen molar-refractivity contribution in [2.45, 2.75) is 72.5 Å². The molecule has 1 heterocycles. The van der Waals surface area contributed by atoms with E-state index >= 15 is 0 Å². The van der Waals surface area contributed by atoms with Gasteiger partial charge in [0.1, 0.15) is 0 Å². The van der Waals surface area contributed by atoms with Gasteiger partial charge in [-0.25, -0.2) is 4.79 Å². The second kappa shape index (κ2) is 8.30. The van der Waals surface area contributed by atoms with E-state index in [0.717, 1.165) is 17.0 Å². The molecule has 2 aromatic rings. The molecule has 0 bridgehead atoms. The molecule has 4 nitrogen and oxygen atoms in total. The van der Waals surface area contributed by atoms with Gasteiger partial charge in [-0.1, -0.05) is 49.6 Å². The lowest BCUT2D eigenvalue weighted by Crippen LogP contribution is -2.37. The fraction of sp³-hybridized carbons (Fsp3) is 0.522. The summed E-state index contributed by atoms with van der Waals surface area (Å²) < 4.78 is 2.15. The summed E-state index contributed by atoms with van der Waals surface area (Å²) in [4.78, 5) is 12.0. The van der Waals surface area contributed by atoms with Crippen molar-refractivity contribution in [1.29, 1.82) is 0 Å². The molecule has 27 heavy (non-hydrogen) atoms. The maximum atomic E-state index is 12.0. The molecule has 1 fully saturated rings. The molecule has 1 saturated carbocycles. The third kappa shape index (κ3) is 4.27. The second-order valence-corrected chi connectivity index (χ2v) is 8.15. The Bertz CT molecular complexity index is 805. The Labute approximate surface area is 162 Å². The minimum atomic E-state index is -0.827. The Morgan fingerprint density at radius 1 is 1.11 bits per heavy atom. The highest BCUT2D eigenvalue weighted by atomic mass is 16.4. The van der Waals surface area contributed by atoms with Gasteiger partial charge in [-0.3, -0.25) is 0 Å². The van der Waals surface area contributed by atoms with Crippen molar-refractivity contribution < 1.29 is 9.90 Å². The number of rotatable bonds is 6. The number of hydrogen-bond acceptors (Lipinski definition) is 2. The van der Waals surface area contributed by atoms with Crippen LogP contribution in [0.1, 0.15) is 71.0 Å². The van der Waals surface area contributed by atoms with Gasteiger partial charge in [0.25, 0.3) is 0 Å². The van der Waals surface area contributed by atoms with E-state index in [1.165, 1.54) is 36.8 Å². The fourth-order valence-corrected chi connectivity index (χ4v) is 4.41. The first-order chi connectivity index (χ1) is 12.9. The highest BCUT2D eigenvalue weighted by Crippen LogP contribution is 2.27. The van der Waals surface area contributed by atoms with Gasteiger partial charge in [0, 0.05) is 36.1 Å². The smallest absolute Gasteiger partial charge is 0.337 e. The SMILES string of the molecule is Cc1ccc(Cn2c(C)c(CNC3CCCCC3C)c(C(=O)O)c2C)cc1. The van der Waals surface area contributed by atoms with Crippen LogP contribution in [-0.2, 0) is 13.1 Å². The summed E-state index contributed by atoms with van der Waals surface area (Å²) in [6, 6.07) is 8.94. The van der Waals surface area contributed by atoms with Crippen molar-refractivity contribution in [3.63, 3.8) is 0 Å². The Kier molecular flexibility index (Phi) is 6.05. The zero-order valence-corrected chi connectivity index (χ0v) is 17.0. The van der Waals surface area contributed by atoms with Crippen molar-refractivity contribution in [1.82, 2.24) is 9.88 Å². The Balaban J connectivity index is 1.86. The van der Waals surface area contributed by atoms with Crippen molar-refractivity contribution >= 4 is 5.97 Å². The lowest BCUT2D eigenvalue weighted by molar-refractivity contribution is 0.0694. The average Bonchev–Trinajstić information content (AvgIpc) is 2.87. The number of aromatic nitrogens is 1. The monoisotopic (exact) mass is 368 g/mol. The molecule has 2 N–H and O–H groups in total. The van der Waals surface area contributed by atoms with E-state index in [2.05, 4.69) is 54.9 Å². The van der Waals surface area contributed by atoms with Gasteiger partial charge in [-0.05, 0) is 45.1 Å². The Morgan fingerprint density at radius 2 is 1.78 bits per heavy atom. The molecule has 3 rings (SSSR count). The summed E-state index contributed by atoms with van der Waals surface area (Å²) in [6.07, 6.45) is 5.02. The summed E-state index contributed by atoms with van der Waals surface area (Å²) in [5, 5.41) is 13.5. The number of benzene rings is 1. The molecule has 0 spiro atoms. The largest absolute Gasteiger partial charge is 0.478 e. The highest BCUT2D eigenvalue weighted by molar-refractivity contribution is 5.91.